The number of hydrogen-bond acceptors (Lipinski definition) is 9. The zero-order valence-corrected chi connectivity index (χ0v) is 19.9. The Hall–Kier alpha value is -4.18. The van der Waals surface area contributed by atoms with Gasteiger partial charge in [0.1, 0.15) is 5.76 Å². The van der Waals surface area contributed by atoms with Crippen LogP contribution >= 0.6 is 11.8 Å². The van der Waals surface area contributed by atoms with Gasteiger partial charge in [0.05, 0.1) is 37.6 Å². The Bertz CT molecular complexity index is 1300. The number of furan rings is 1. The van der Waals surface area contributed by atoms with Gasteiger partial charge in [0, 0.05) is 0 Å². The molecule has 0 radical (unpaired) electrons. The number of amidine groups is 1. The summed E-state index contributed by atoms with van der Waals surface area (Å²) in [5, 5.41) is 28.5. The summed E-state index contributed by atoms with van der Waals surface area (Å²) in [5.41, 5.74) is 1.36. The van der Waals surface area contributed by atoms with Gasteiger partial charge in [-0.05, 0) is 78.4 Å². The number of rotatable bonds is 8. The normalized spacial score (nSPS) is 16.1. The molecule has 1 amide bonds. The van der Waals surface area contributed by atoms with Gasteiger partial charge in [-0.15, -0.1) is 5.10 Å². The number of aromatic hydroxyl groups is 2. The van der Waals surface area contributed by atoms with Crippen LogP contribution in [0.4, 0.5) is 0 Å². The number of nitrogens with zero attached hydrogens (tertiary/aromatic N) is 3. The van der Waals surface area contributed by atoms with E-state index in [9.17, 15) is 15.0 Å². The standard InChI is InChI=1S/C25H23N3O6S/c1-3-33-22-11-16(6-8-20(22)30)13-23-24(31)28(15-18-5-4-10-34-18)25(35-23)27-26-14-17-7-9-19(29)21(12-17)32-2/h4-14,29-30H,3,15H2,1-2H3/b23-13-,26-14-,27-25+. The molecule has 10 heteroatoms. The molecule has 1 fully saturated rings. The van der Waals surface area contributed by atoms with E-state index in [-0.39, 0.29) is 24.0 Å². The maximum absolute atomic E-state index is 13.2. The SMILES string of the molecule is CCOc1cc(/C=C2\S/C(=N/N=C\c3ccc(O)c(OC)c3)N(Cc3ccco3)C2=O)ccc1O. The van der Waals surface area contributed by atoms with Gasteiger partial charge in [-0.25, -0.2) is 0 Å². The second-order valence-corrected chi connectivity index (χ2v) is 8.31. The highest BCUT2D eigenvalue weighted by Gasteiger charge is 2.34. The van der Waals surface area contributed by atoms with Gasteiger partial charge in [-0.1, -0.05) is 6.07 Å². The van der Waals surface area contributed by atoms with Crippen molar-refractivity contribution in [3.63, 3.8) is 0 Å². The number of thioether (sulfide) groups is 1. The Kier molecular flexibility index (Phi) is 7.41. The van der Waals surface area contributed by atoms with Crippen LogP contribution < -0.4 is 9.47 Å². The molecule has 3 aromatic rings. The van der Waals surface area contributed by atoms with Crippen LogP contribution in [0.25, 0.3) is 6.08 Å². The third kappa shape index (κ3) is 5.67. The Labute approximate surface area is 206 Å². The summed E-state index contributed by atoms with van der Waals surface area (Å²) in [6, 6.07) is 13.2. The third-order valence-electron chi connectivity index (χ3n) is 4.92. The molecule has 0 bridgehead atoms. The molecule has 1 aliphatic heterocycles. The van der Waals surface area contributed by atoms with Gasteiger partial charge in [-0.3, -0.25) is 9.69 Å². The fourth-order valence-corrected chi connectivity index (χ4v) is 4.18. The lowest BCUT2D eigenvalue weighted by Gasteiger charge is -2.12. The van der Waals surface area contributed by atoms with Crippen molar-refractivity contribution in [1.82, 2.24) is 4.90 Å². The number of phenolic OH excluding ortho intramolecular Hbond substituents is 2. The maximum atomic E-state index is 13.2. The highest BCUT2D eigenvalue weighted by atomic mass is 32.2. The smallest absolute Gasteiger partial charge is 0.267 e. The van der Waals surface area contributed by atoms with Crippen molar-refractivity contribution in [3.05, 3.63) is 76.6 Å². The average Bonchev–Trinajstić information content (AvgIpc) is 3.47. The van der Waals surface area contributed by atoms with Crippen LogP contribution in [0.3, 0.4) is 0 Å². The number of benzene rings is 2. The summed E-state index contributed by atoms with van der Waals surface area (Å²) in [6.07, 6.45) is 4.75. The van der Waals surface area contributed by atoms with Crippen molar-refractivity contribution in [3.8, 4) is 23.0 Å². The zero-order valence-electron chi connectivity index (χ0n) is 19.0. The van der Waals surface area contributed by atoms with Gasteiger partial charge in [-0.2, -0.15) is 5.10 Å². The molecule has 0 aliphatic carbocycles. The first-order chi connectivity index (χ1) is 17.0. The largest absolute Gasteiger partial charge is 0.504 e. The van der Waals surface area contributed by atoms with Crippen LogP contribution in [0.15, 0.2) is 74.3 Å². The Morgan fingerprint density at radius 1 is 1.09 bits per heavy atom. The lowest BCUT2D eigenvalue weighted by Crippen LogP contribution is -2.28. The molecular weight excluding hydrogens is 470 g/mol. The van der Waals surface area contributed by atoms with Crippen LogP contribution in [-0.4, -0.2) is 46.1 Å². The molecule has 35 heavy (non-hydrogen) atoms. The summed E-state index contributed by atoms with van der Waals surface area (Å²) in [5.74, 6) is 1.06. The third-order valence-corrected chi connectivity index (χ3v) is 5.91. The molecule has 2 N–H and O–H groups in total. The topological polar surface area (TPSA) is 117 Å². The van der Waals surface area contributed by atoms with E-state index in [1.54, 1.807) is 48.7 Å². The number of phenols is 2. The molecule has 0 atom stereocenters. The molecule has 1 saturated heterocycles. The van der Waals surface area contributed by atoms with Crippen LogP contribution in [0, 0.1) is 0 Å². The summed E-state index contributed by atoms with van der Waals surface area (Å²) in [4.78, 5) is 15.1. The molecule has 0 saturated carbocycles. The van der Waals surface area contributed by atoms with Gasteiger partial charge in [0.25, 0.3) is 5.91 Å². The minimum atomic E-state index is -0.252. The fraction of sp³-hybridized carbons (Fsp3) is 0.160. The highest BCUT2D eigenvalue weighted by molar-refractivity contribution is 8.18. The first-order valence-electron chi connectivity index (χ1n) is 10.7. The van der Waals surface area contributed by atoms with Crippen LogP contribution in [-0.2, 0) is 11.3 Å². The van der Waals surface area contributed by atoms with E-state index in [4.69, 9.17) is 13.9 Å². The summed E-state index contributed by atoms with van der Waals surface area (Å²) < 4.78 is 16.0. The van der Waals surface area contributed by atoms with Gasteiger partial charge in [0.15, 0.2) is 28.2 Å². The number of carbonyl (C=O) groups is 1. The van der Waals surface area contributed by atoms with Crippen molar-refractivity contribution in [2.75, 3.05) is 13.7 Å². The Morgan fingerprint density at radius 2 is 1.83 bits per heavy atom. The lowest BCUT2D eigenvalue weighted by molar-refractivity contribution is -0.122. The molecule has 0 unspecified atom stereocenters. The minimum Gasteiger partial charge on any atom is -0.504 e. The predicted octanol–water partition coefficient (Wildman–Crippen LogP) is 4.60. The van der Waals surface area contributed by atoms with Crippen molar-refractivity contribution in [2.24, 2.45) is 10.2 Å². The maximum Gasteiger partial charge on any atom is 0.267 e. The van der Waals surface area contributed by atoms with E-state index in [1.807, 2.05) is 6.92 Å². The Balaban J connectivity index is 1.62. The second-order valence-electron chi connectivity index (χ2n) is 7.30. The fourth-order valence-electron chi connectivity index (χ4n) is 3.24. The van der Waals surface area contributed by atoms with Crippen molar-refractivity contribution < 1.29 is 28.9 Å². The van der Waals surface area contributed by atoms with E-state index >= 15 is 0 Å². The molecule has 2 heterocycles. The first kappa shape index (κ1) is 24.0. The molecule has 0 spiro atoms. The molecule has 1 aliphatic rings. The zero-order chi connectivity index (χ0) is 24.8. The minimum absolute atomic E-state index is 0.0223. The van der Waals surface area contributed by atoms with E-state index in [0.717, 1.165) is 0 Å². The number of amides is 1. The van der Waals surface area contributed by atoms with Crippen LogP contribution in [0.5, 0.6) is 23.0 Å². The number of ether oxygens (including phenoxy) is 2. The molecular formula is C25H23N3O6S. The lowest BCUT2D eigenvalue weighted by atomic mass is 10.2. The van der Waals surface area contributed by atoms with Gasteiger partial charge < -0.3 is 24.1 Å². The van der Waals surface area contributed by atoms with E-state index < -0.39 is 0 Å². The quantitative estimate of drug-likeness (QED) is 0.267. The van der Waals surface area contributed by atoms with Crippen LogP contribution in [0.2, 0.25) is 0 Å². The summed E-state index contributed by atoms with van der Waals surface area (Å²) >= 11 is 1.18. The van der Waals surface area contributed by atoms with Crippen molar-refractivity contribution >= 4 is 35.1 Å². The van der Waals surface area contributed by atoms with E-state index in [0.29, 0.717) is 45.1 Å². The Morgan fingerprint density at radius 3 is 2.54 bits per heavy atom. The first-order valence-corrected chi connectivity index (χ1v) is 11.5. The number of hydrogen-bond donors (Lipinski definition) is 2. The molecule has 4 rings (SSSR count). The van der Waals surface area contributed by atoms with Crippen LogP contribution in [0.1, 0.15) is 23.8 Å². The van der Waals surface area contributed by atoms with E-state index in [2.05, 4.69) is 10.2 Å². The number of carbonyl (C=O) groups excluding carboxylic acids is 1. The average molecular weight is 494 g/mol. The summed E-state index contributed by atoms with van der Waals surface area (Å²) in [7, 11) is 1.46. The molecule has 1 aromatic heterocycles. The van der Waals surface area contributed by atoms with E-state index in [1.165, 1.54) is 42.1 Å². The van der Waals surface area contributed by atoms with Gasteiger partial charge >= 0.3 is 0 Å². The molecule has 2 aromatic carbocycles. The highest BCUT2D eigenvalue weighted by Crippen LogP contribution is 2.35. The predicted molar refractivity (Wildman–Crippen MR) is 134 cm³/mol. The molecule has 180 valence electrons. The van der Waals surface area contributed by atoms with Crippen molar-refractivity contribution in [2.45, 2.75) is 13.5 Å². The second kappa shape index (κ2) is 10.8. The van der Waals surface area contributed by atoms with Gasteiger partial charge in [0.2, 0.25) is 0 Å². The summed E-state index contributed by atoms with van der Waals surface area (Å²) in [6.45, 7) is 2.42. The molecule has 9 nitrogen and oxygen atoms in total. The number of methoxy groups -OCH3 is 1. The monoisotopic (exact) mass is 493 g/mol. The van der Waals surface area contributed by atoms with Crippen molar-refractivity contribution in [1.29, 1.82) is 0 Å².